The second-order valence-electron chi connectivity index (χ2n) is 6.64. The molecule has 0 bridgehead atoms. The maximum atomic E-state index is 10.1. The molecule has 1 aliphatic carbocycles. The van der Waals surface area contributed by atoms with Crippen LogP contribution in [0.25, 0.3) is 5.52 Å². The number of aromatic hydroxyl groups is 1. The lowest BCUT2D eigenvalue weighted by Crippen LogP contribution is -2.25. The molecule has 2 atom stereocenters. The van der Waals surface area contributed by atoms with Gasteiger partial charge < -0.3 is 15.9 Å². The number of nitrogen functional groups attached to an aromatic ring is 1. The van der Waals surface area contributed by atoms with Crippen LogP contribution in [0.1, 0.15) is 57.7 Å². The summed E-state index contributed by atoms with van der Waals surface area (Å²) in [7, 11) is 0. The molecule has 2 aromatic rings. The molecule has 0 saturated heterocycles. The Morgan fingerprint density at radius 2 is 2.00 bits per heavy atom. The largest absolute Gasteiger partial charge is 0.492 e. The smallest absolute Gasteiger partial charge is 0.241 e. The number of hydrogen-bond donors (Lipinski definition) is 3. The fourth-order valence-electron chi connectivity index (χ4n) is 3.59. The highest BCUT2D eigenvalue weighted by atomic mass is 16.3. The van der Waals surface area contributed by atoms with Crippen molar-refractivity contribution in [3.8, 4) is 5.88 Å². The number of nitrogens with two attached hydrogens (primary N) is 1. The number of nitrogens with zero attached hydrogens (tertiary/aromatic N) is 3. The highest BCUT2D eigenvalue weighted by molar-refractivity contribution is 5.72. The van der Waals surface area contributed by atoms with Crippen molar-refractivity contribution in [3.05, 3.63) is 18.2 Å². The standard InChI is InChI=1S/C16H24N4O2/c1-16(7-3-2-5-11(21)6-4-8-16)15-19-14(22)12-13(17)18-9-10-20(12)15/h9-11,21-22H,2-8H2,1H3,(H2,17,18)/t11?,16-/m1/s1. The van der Waals surface area contributed by atoms with Crippen LogP contribution < -0.4 is 5.73 Å². The van der Waals surface area contributed by atoms with Gasteiger partial charge in [0.05, 0.1) is 6.10 Å². The first-order valence-corrected chi connectivity index (χ1v) is 8.01. The molecule has 0 aromatic carbocycles. The zero-order chi connectivity index (χ0) is 15.7. The van der Waals surface area contributed by atoms with E-state index in [1.807, 2.05) is 4.40 Å². The zero-order valence-electron chi connectivity index (χ0n) is 13.0. The summed E-state index contributed by atoms with van der Waals surface area (Å²) in [5.41, 5.74) is 6.22. The molecule has 1 saturated carbocycles. The lowest BCUT2D eigenvalue weighted by atomic mass is 9.79. The molecule has 6 nitrogen and oxygen atoms in total. The van der Waals surface area contributed by atoms with Gasteiger partial charge in [-0.2, -0.15) is 4.98 Å². The van der Waals surface area contributed by atoms with E-state index in [0.29, 0.717) is 11.3 Å². The van der Waals surface area contributed by atoms with Crippen LogP contribution in [0.5, 0.6) is 5.88 Å². The molecule has 0 radical (unpaired) electrons. The minimum absolute atomic E-state index is 0.0540. The SMILES string of the molecule is C[C@@]1(c2nc(O)c3c(N)nccn23)CCCCC(O)CCC1. The van der Waals surface area contributed by atoms with Crippen LogP contribution >= 0.6 is 0 Å². The highest BCUT2D eigenvalue weighted by Gasteiger charge is 2.33. The fourth-order valence-corrected chi connectivity index (χ4v) is 3.59. The Kier molecular flexibility index (Phi) is 3.95. The molecule has 2 aromatic heterocycles. The third kappa shape index (κ3) is 2.63. The summed E-state index contributed by atoms with van der Waals surface area (Å²) in [4.78, 5) is 8.44. The van der Waals surface area contributed by atoms with E-state index in [1.165, 1.54) is 0 Å². The quantitative estimate of drug-likeness (QED) is 0.751. The third-order valence-electron chi connectivity index (χ3n) is 4.89. The van der Waals surface area contributed by atoms with E-state index in [1.54, 1.807) is 12.4 Å². The van der Waals surface area contributed by atoms with Crippen LogP contribution in [-0.4, -0.2) is 30.7 Å². The van der Waals surface area contributed by atoms with Crippen molar-refractivity contribution in [3.63, 3.8) is 0 Å². The molecule has 1 fully saturated rings. The van der Waals surface area contributed by atoms with E-state index in [4.69, 9.17) is 5.73 Å². The van der Waals surface area contributed by atoms with Crippen LogP contribution in [0.3, 0.4) is 0 Å². The summed E-state index contributed by atoms with van der Waals surface area (Å²) >= 11 is 0. The predicted molar refractivity (Wildman–Crippen MR) is 84.7 cm³/mol. The molecule has 1 unspecified atom stereocenters. The number of aliphatic hydroxyl groups excluding tert-OH is 1. The van der Waals surface area contributed by atoms with Crippen LogP contribution in [0.2, 0.25) is 0 Å². The average Bonchev–Trinajstić information content (AvgIpc) is 2.85. The van der Waals surface area contributed by atoms with E-state index in [9.17, 15) is 10.2 Å². The highest BCUT2D eigenvalue weighted by Crippen LogP contribution is 2.38. The van der Waals surface area contributed by atoms with Crippen molar-refractivity contribution in [2.24, 2.45) is 0 Å². The summed E-state index contributed by atoms with van der Waals surface area (Å²) in [6, 6.07) is 0. The predicted octanol–water partition coefficient (Wildman–Crippen LogP) is 2.38. The molecule has 2 heterocycles. The molecule has 22 heavy (non-hydrogen) atoms. The molecule has 0 aliphatic heterocycles. The van der Waals surface area contributed by atoms with Crippen LogP contribution in [0.15, 0.2) is 12.4 Å². The number of rotatable bonds is 1. The first-order valence-electron chi connectivity index (χ1n) is 8.01. The van der Waals surface area contributed by atoms with Crippen LogP contribution in [0, 0.1) is 0 Å². The Balaban J connectivity index is 2.02. The first kappa shape index (κ1) is 15.1. The van der Waals surface area contributed by atoms with E-state index >= 15 is 0 Å². The number of aromatic nitrogens is 3. The number of anilines is 1. The average molecular weight is 304 g/mol. The molecule has 4 N–H and O–H groups in total. The molecular weight excluding hydrogens is 280 g/mol. The first-order chi connectivity index (χ1) is 10.5. The minimum atomic E-state index is -0.187. The van der Waals surface area contributed by atoms with Gasteiger partial charge in [0.25, 0.3) is 0 Å². The van der Waals surface area contributed by atoms with Gasteiger partial charge in [-0.05, 0) is 32.1 Å². The summed E-state index contributed by atoms with van der Waals surface area (Å²) in [6.45, 7) is 2.19. The van der Waals surface area contributed by atoms with Gasteiger partial charge in [0.15, 0.2) is 11.3 Å². The van der Waals surface area contributed by atoms with Gasteiger partial charge in [0, 0.05) is 17.8 Å². The minimum Gasteiger partial charge on any atom is -0.492 e. The second-order valence-corrected chi connectivity index (χ2v) is 6.64. The summed E-state index contributed by atoms with van der Waals surface area (Å²) in [5, 5.41) is 20.1. The van der Waals surface area contributed by atoms with Crippen molar-refractivity contribution >= 4 is 11.3 Å². The second kappa shape index (κ2) is 5.76. The van der Waals surface area contributed by atoms with E-state index in [0.717, 1.165) is 50.8 Å². The Morgan fingerprint density at radius 1 is 1.27 bits per heavy atom. The molecule has 3 rings (SSSR count). The normalized spacial score (nSPS) is 27.3. The Labute approximate surface area is 130 Å². The van der Waals surface area contributed by atoms with E-state index in [-0.39, 0.29) is 17.4 Å². The topological polar surface area (TPSA) is 96.7 Å². The van der Waals surface area contributed by atoms with Crippen molar-refractivity contribution < 1.29 is 10.2 Å². The summed E-state index contributed by atoms with van der Waals surface area (Å²) < 4.78 is 1.87. The van der Waals surface area contributed by atoms with Gasteiger partial charge in [-0.25, -0.2) is 4.98 Å². The van der Waals surface area contributed by atoms with Crippen molar-refractivity contribution in [2.75, 3.05) is 5.73 Å². The third-order valence-corrected chi connectivity index (χ3v) is 4.89. The number of hydrogen-bond acceptors (Lipinski definition) is 5. The lowest BCUT2D eigenvalue weighted by Gasteiger charge is -2.28. The molecule has 120 valence electrons. The van der Waals surface area contributed by atoms with Crippen molar-refractivity contribution in [1.82, 2.24) is 14.4 Å². The van der Waals surface area contributed by atoms with E-state index < -0.39 is 0 Å². The Hall–Kier alpha value is -1.82. The van der Waals surface area contributed by atoms with Crippen LogP contribution in [-0.2, 0) is 5.41 Å². The van der Waals surface area contributed by atoms with Crippen molar-refractivity contribution in [2.45, 2.75) is 63.4 Å². The van der Waals surface area contributed by atoms with Crippen LogP contribution in [0.4, 0.5) is 5.82 Å². The molecule has 0 spiro atoms. The van der Waals surface area contributed by atoms with E-state index in [2.05, 4.69) is 16.9 Å². The molecule has 0 amide bonds. The lowest BCUT2D eigenvalue weighted by molar-refractivity contribution is 0.149. The maximum Gasteiger partial charge on any atom is 0.241 e. The maximum absolute atomic E-state index is 10.1. The summed E-state index contributed by atoms with van der Waals surface area (Å²) in [6.07, 6.45) is 9.90. The van der Waals surface area contributed by atoms with Gasteiger partial charge in [-0.15, -0.1) is 0 Å². The number of imidazole rings is 1. The number of fused-ring (bicyclic) bond motifs is 1. The van der Waals surface area contributed by atoms with Gasteiger partial charge in [-0.3, -0.25) is 4.40 Å². The van der Waals surface area contributed by atoms with Crippen molar-refractivity contribution in [1.29, 1.82) is 0 Å². The van der Waals surface area contributed by atoms with Gasteiger partial charge in [-0.1, -0.05) is 19.8 Å². The Morgan fingerprint density at radius 3 is 2.82 bits per heavy atom. The molecule has 1 aliphatic rings. The molecule has 6 heteroatoms. The fraction of sp³-hybridized carbons (Fsp3) is 0.625. The zero-order valence-corrected chi connectivity index (χ0v) is 13.0. The summed E-state index contributed by atoms with van der Waals surface area (Å²) in [5.74, 6) is 1.08. The number of aliphatic hydroxyl groups is 1. The monoisotopic (exact) mass is 304 g/mol. The Bertz CT molecular complexity index is 669. The van der Waals surface area contributed by atoms with Gasteiger partial charge in [0.1, 0.15) is 5.82 Å². The molecular formula is C16H24N4O2. The van der Waals surface area contributed by atoms with Gasteiger partial charge >= 0.3 is 0 Å². The van der Waals surface area contributed by atoms with Gasteiger partial charge in [0.2, 0.25) is 5.88 Å².